The third-order valence-corrected chi connectivity index (χ3v) is 5.30. The smallest absolute Gasteiger partial charge is 0.387 e. The maximum Gasteiger partial charge on any atom is 0.387 e. The first-order valence-electron chi connectivity index (χ1n) is 8.91. The van der Waals surface area contributed by atoms with Gasteiger partial charge in [0.15, 0.2) is 0 Å². The lowest BCUT2D eigenvalue weighted by Crippen LogP contribution is -2.09. The molecule has 0 saturated carbocycles. The zero-order chi connectivity index (χ0) is 20.0. The number of hydrogen-bond donors (Lipinski definition) is 0. The number of imidazole rings is 1. The third kappa shape index (κ3) is 3.33. The van der Waals surface area contributed by atoms with E-state index in [1.165, 1.54) is 6.07 Å². The molecule has 0 amide bonds. The summed E-state index contributed by atoms with van der Waals surface area (Å²) in [6.07, 6.45) is 2.14. The number of ether oxygens (including phenoxy) is 2. The number of halogens is 3. The van der Waals surface area contributed by atoms with E-state index < -0.39 is 6.61 Å². The van der Waals surface area contributed by atoms with E-state index in [0.717, 1.165) is 27.0 Å². The fraction of sp³-hybridized carbons (Fsp3) is 0.143. The Bertz CT molecular complexity index is 1230. The second-order valence-electron chi connectivity index (χ2n) is 6.59. The summed E-state index contributed by atoms with van der Waals surface area (Å²) in [4.78, 5) is 9.21. The molecule has 29 heavy (non-hydrogen) atoms. The van der Waals surface area contributed by atoms with Crippen molar-refractivity contribution in [3.05, 3.63) is 76.3 Å². The van der Waals surface area contributed by atoms with Gasteiger partial charge >= 0.3 is 6.61 Å². The molecule has 8 heteroatoms. The average Bonchev–Trinajstić information content (AvgIpc) is 3.03. The minimum absolute atomic E-state index is 0.0765. The molecule has 3 heterocycles. The van der Waals surface area contributed by atoms with Crippen molar-refractivity contribution in [1.29, 1.82) is 0 Å². The van der Waals surface area contributed by atoms with Gasteiger partial charge in [0.2, 0.25) is 0 Å². The lowest BCUT2D eigenvalue weighted by Gasteiger charge is -2.16. The van der Waals surface area contributed by atoms with Crippen LogP contribution in [0.4, 0.5) is 8.78 Å². The van der Waals surface area contributed by atoms with Crippen molar-refractivity contribution in [2.75, 3.05) is 0 Å². The first kappa shape index (κ1) is 18.1. The van der Waals surface area contributed by atoms with Crippen molar-refractivity contribution in [3.63, 3.8) is 0 Å². The van der Waals surface area contributed by atoms with Crippen LogP contribution in [0.2, 0.25) is 0 Å². The largest absolute Gasteiger partial charge is 0.455 e. The Balaban J connectivity index is 1.78. The first-order chi connectivity index (χ1) is 14.1. The van der Waals surface area contributed by atoms with Crippen LogP contribution in [-0.4, -0.2) is 21.1 Å². The zero-order valence-electron chi connectivity index (χ0n) is 15.0. The van der Waals surface area contributed by atoms with E-state index in [1.807, 2.05) is 28.8 Å². The molecule has 5 rings (SSSR count). The number of pyridine rings is 1. The van der Waals surface area contributed by atoms with E-state index in [4.69, 9.17) is 14.5 Å². The van der Waals surface area contributed by atoms with E-state index in [9.17, 15) is 8.78 Å². The molecule has 0 fully saturated rings. The molecule has 146 valence electrons. The summed E-state index contributed by atoms with van der Waals surface area (Å²) in [5.41, 5.74) is 2.93. The second kappa shape index (κ2) is 7.11. The molecule has 2 aromatic carbocycles. The van der Waals surface area contributed by atoms with Crippen LogP contribution in [0.5, 0.6) is 17.2 Å². The van der Waals surface area contributed by atoms with Gasteiger partial charge in [0.25, 0.3) is 0 Å². The summed E-state index contributed by atoms with van der Waals surface area (Å²) in [6.45, 7) is -2.66. The molecule has 0 bridgehead atoms. The summed E-state index contributed by atoms with van der Waals surface area (Å²) < 4.78 is 39.8. The van der Waals surface area contributed by atoms with Gasteiger partial charge in [0.1, 0.15) is 23.1 Å². The molecule has 1 aliphatic heterocycles. The summed E-state index contributed by atoms with van der Waals surface area (Å²) >= 11 is 3.50. The summed E-state index contributed by atoms with van der Waals surface area (Å²) in [6, 6.07) is 14.3. The van der Waals surface area contributed by atoms with Crippen LogP contribution in [0.25, 0.3) is 11.0 Å². The molecular formula is C21H14BrF2N3O2. The maximum absolute atomic E-state index is 13.0. The highest BCUT2D eigenvalue weighted by molar-refractivity contribution is 9.10. The Morgan fingerprint density at radius 2 is 1.97 bits per heavy atom. The molecule has 0 saturated heterocycles. The van der Waals surface area contributed by atoms with Crippen molar-refractivity contribution in [1.82, 2.24) is 14.5 Å². The standard InChI is InChI=1S/C21H14BrF2N3O2/c22-12-6-7-14-16(9-12)27-11-13-17(3-1-4-18(13)29-21(23)24)28-19-5-2-8-25-15(19)10-20(27)26-14/h1-9,21H,10-11H2. The summed E-state index contributed by atoms with van der Waals surface area (Å²) in [5, 5.41) is 0. The van der Waals surface area contributed by atoms with Crippen LogP contribution in [-0.2, 0) is 13.0 Å². The van der Waals surface area contributed by atoms with Gasteiger partial charge in [-0.3, -0.25) is 4.98 Å². The Labute approximate surface area is 173 Å². The van der Waals surface area contributed by atoms with Crippen LogP contribution in [0.1, 0.15) is 17.1 Å². The topological polar surface area (TPSA) is 49.2 Å². The number of hydrogen-bond acceptors (Lipinski definition) is 4. The second-order valence-corrected chi connectivity index (χ2v) is 7.50. The number of benzene rings is 2. The zero-order valence-corrected chi connectivity index (χ0v) is 16.6. The SMILES string of the molecule is FC(F)Oc1cccc2c1Cn1c(nc3ccc(Br)cc31)Cc1ncccc1O2. The van der Waals surface area contributed by atoms with Gasteiger partial charge < -0.3 is 14.0 Å². The minimum Gasteiger partial charge on any atom is -0.455 e. The van der Waals surface area contributed by atoms with Gasteiger partial charge in [0.05, 0.1) is 35.3 Å². The van der Waals surface area contributed by atoms with E-state index >= 15 is 0 Å². The number of rotatable bonds is 2. The third-order valence-electron chi connectivity index (χ3n) is 4.81. The van der Waals surface area contributed by atoms with Gasteiger partial charge in [-0.1, -0.05) is 22.0 Å². The van der Waals surface area contributed by atoms with Crippen LogP contribution in [0.3, 0.4) is 0 Å². The van der Waals surface area contributed by atoms with E-state index in [-0.39, 0.29) is 12.3 Å². The molecule has 0 unspecified atom stereocenters. The Hall–Kier alpha value is -3.00. The van der Waals surface area contributed by atoms with E-state index in [2.05, 4.69) is 20.9 Å². The molecule has 5 nitrogen and oxygen atoms in total. The van der Waals surface area contributed by atoms with Crippen molar-refractivity contribution < 1.29 is 18.3 Å². The average molecular weight is 458 g/mol. The van der Waals surface area contributed by atoms with Gasteiger partial charge in [-0.2, -0.15) is 8.78 Å². The Morgan fingerprint density at radius 3 is 2.83 bits per heavy atom. The highest BCUT2D eigenvalue weighted by Crippen LogP contribution is 2.37. The predicted octanol–water partition coefficient (Wildman–Crippen LogP) is 5.54. The highest BCUT2D eigenvalue weighted by Gasteiger charge is 2.23. The van der Waals surface area contributed by atoms with Crippen LogP contribution >= 0.6 is 15.9 Å². The van der Waals surface area contributed by atoms with Gasteiger partial charge in [-0.15, -0.1) is 0 Å². The van der Waals surface area contributed by atoms with Crippen molar-refractivity contribution >= 4 is 27.0 Å². The molecule has 0 atom stereocenters. The molecule has 4 aromatic rings. The molecule has 1 aliphatic rings. The summed E-state index contributed by atoms with van der Waals surface area (Å²) in [5.74, 6) is 1.85. The molecule has 0 N–H and O–H groups in total. The minimum atomic E-state index is -2.93. The lowest BCUT2D eigenvalue weighted by molar-refractivity contribution is -0.0505. The molecule has 2 aromatic heterocycles. The predicted molar refractivity (Wildman–Crippen MR) is 107 cm³/mol. The van der Waals surface area contributed by atoms with Gasteiger partial charge in [-0.05, 0) is 42.5 Å². The highest BCUT2D eigenvalue weighted by atomic mass is 79.9. The van der Waals surface area contributed by atoms with Crippen molar-refractivity contribution in [2.45, 2.75) is 19.6 Å². The van der Waals surface area contributed by atoms with E-state index in [1.54, 1.807) is 24.4 Å². The molecular weight excluding hydrogens is 444 g/mol. The number of aromatic nitrogens is 3. The van der Waals surface area contributed by atoms with Crippen molar-refractivity contribution in [2.24, 2.45) is 0 Å². The Kier molecular flexibility index (Phi) is 4.43. The van der Waals surface area contributed by atoms with Gasteiger partial charge in [-0.25, -0.2) is 4.98 Å². The van der Waals surface area contributed by atoms with Crippen LogP contribution in [0.15, 0.2) is 59.2 Å². The fourth-order valence-electron chi connectivity index (χ4n) is 3.54. The Morgan fingerprint density at radius 1 is 1.10 bits per heavy atom. The van der Waals surface area contributed by atoms with E-state index in [0.29, 0.717) is 23.5 Å². The number of nitrogens with zero attached hydrogens (tertiary/aromatic N) is 3. The molecule has 0 radical (unpaired) electrons. The monoisotopic (exact) mass is 457 g/mol. The van der Waals surface area contributed by atoms with Gasteiger partial charge in [0, 0.05) is 10.7 Å². The quantitative estimate of drug-likeness (QED) is 0.349. The summed E-state index contributed by atoms with van der Waals surface area (Å²) in [7, 11) is 0. The fourth-order valence-corrected chi connectivity index (χ4v) is 3.88. The van der Waals surface area contributed by atoms with Crippen molar-refractivity contribution in [3.8, 4) is 17.2 Å². The number of alkyl halides is 2. The van der Waals surface area contributed by atoms with Crippen LogP contribution < -0.4 is 9.47 Å². The normalized spacial score (nSPS) is 13.0. The molecule has 0 spiro atoms. The number of fused-ring (bicyclic) bond motifs is 5. The first-order valence-corrected chi connectivity index (χ1v) is 9.71. The molecule has 0 aliphatic carbocycles. The lowest BCUT2D eigenvalue weighted by atomic mass is 10.1. The van der Waals surface area contributed by atoms with Crippen LogP contribution in [0, 0.1) is 0 Å². The maximum atomic E-state index is 13.0.